The number of hydrogen-bond acceptors (Lipinski definition) is 5. The van der Waals surface area contributed by atoms with Gasteiger partial charge in [-0.05, 0) is 24.6 Å². The molecule has 20 heavy (non-hydrogen) atoms. The van der Waals surface area contributed by atoms with Crippen molar-refractivity contribution in [3.8, 4) is 5.75 Å². The number of halogens is 1. The predicted molar refractivity (Wildman–Crippen MR) is 83.4 cm³/mol. The minimum atomic E-state index is -0.273. The minimum absolute atomic E-state index is 0.273. The summed E-state index contributed by atoms with van der Waals surface area (Å²) < 4.78 is 6.18. The third kappa shape index (κ3) is 3.17. The van der Waals surface area contributed by atoms with E-state index in [1.54, 1.807) is 18.6 Å². The second kappa shape index (κ2) is 6.34. The average molecular weight is 356 g/mol. The van der Waals surface area contributed by atoms with Crippen LogP contribution in [0.2, 0.25) is 0 Å². The first-order valence-electron chi connectivity index (χ1n) is 5.85. The van der Waals surface area contributed by atoms with Gasteiger partial charge in [0.1, 0.15) is 16.5 Å². The summed E-state index contributed by atoms with van der Waals surface area (Å²) in [6.07, 6.45) is 0. The molecule has 0 atom stereocenters. The quantitative estimate of drug-likeness (QED) is 0.883. The normalized spacial score (nSPS) is 10.4. The number of carbonyl (C=O) groups is 1. The summed E-state index contributed by atoms with van der Waals surface area (Å²) in [5, 5.41) is 5.25. The molecule has 1 heterocycles. The summed E-state index contributed by atoms with van der Waals surface area (Å²) >= 11 is 4.76. The van der Waals surface area contributed by atoms with Crippen molar-refractivity contribution in [2.45, 2.75) is 13.5 Å². The molecular formula is C13H14BrN3O2S. The molecule has 0 bridgehead atoms. The van der Waals surface area contributed by atoms with Gasteiger partial charge in [0, 0.05) is 16.4 Å². The SMILES string of the molecule is COc1cc(Br)cc(C)c1NC(=O)c1csc(CN)n1. The summed E-state index contributed by atoms with van der Waals surface area (Å²) in [5.74, 6) is 0.323. The third-order valence-electron chi connectivity index (χ3n) is 2.68. The monoisotopic (exact) mass is 355 g/mol. The number of amides is 1. The molecule has 0 aliphatic carbocycles. The van der Waals surface area contributed by atoms with Crippen LogP contribution in [0, 0.1) is 6.92 Å². The highest BCUT2D eigenvalue weighted by molar-refractivity contribution is 9.10. The molecule has 2 aromatic rings. The lowest BCUT2D eigenvalue weighted by atomic mass is 10.2. The smallest absolute Gasteiger partial charge is 0.275 e. The van der Waals surface area contributed by atoms with Gasteiger partial charge in [-0.25, -0.2) is 4.98 Å². The Hall–Kier alpha value is -1.44. The molecule has 0 saturated carbocycles. The van der Waals surface area contributed by atoms with Crippen molar-refractivity contribution in [3.05, 3.63) is 38.3 Å². The van der Waals surface area contributed by atoms with E-state index in [4.69, 9.17) is 10.5 Å². The number of benzene rings is 1. The first-order valence-corrected chi connectivity index (χ1v) is 7.52. The van der Waals surface area contributed by atoms with E-state index in [-0.39, 0.29) is 5.91 Å². The Balaban J connectivity index is 2.27. The number of ether oxygens (including phenoxy) is 1. The van der Waals surface area contributed by atoms with Crippen molar-refractivity contribution >= 4 is 38.9 Å². The number of anilines is 1. The molecule has 1 aromatic carbocycles. The fourth-order valence-corrected chi connectivity index (χ4v) is 2.93. The lowest BCUT2D eigenvalue weighted by Crippen LogP contribution is -2.14. The molecule has 0 aliphatic rings. The Morgan fingerprint density at radius 3 is 2.90 bits per heavy atom. The van der Waals surface area contributed by atoms with E-state index in [0.29, 0.717) is 23.7 Å². The van der Waals surface area contributed by atoms with Gasteiger partial charge in [-0.1, -0.05) is 15.9 Å². The van der Waals surface area contributed by atoms with Gasteiger partial charge in [0.2, 0.25) is 0 Å². The van der Waals surface area contributed by atoms with E-state index in [1.807, 2.05) is 13.0 Å². The topological polar surface area (TPSA) is 77.2 Å². The van der Waals surface area contributed by atoms with Gasteiger partial charge in [-0.15, -0.1) is 11.3 Å². The van der Waals surface area contributed by atoms with Crippen molar-refractivity contribution in [1.29, 1.82) is 0 Å². The Morgan fingerprint density at radius 1 is 1.55 bits per heavy atom. The van der Waals surface area contributed by atoms with Crippen LogP contribution in [-0.2, 0) is 6.54 Å². The van der Waals surface area contributed by atoms with Gasteiger partial charge in [0.25, 0.3) is 5.91 Å². The number of hydrogen-bond donors (Lipinski definition) is 2. The minimum Gasteiger partial charge on any atom is -0.495 e. The summed E-state index contributed by atoms with van der Waals surface area (Å²) in [7, 11) is 1.56. The molecule has 106 valence electrons. The van der Waals surface area contributed by atoms with E-state index in [9.17, 15) is 4.79 Å². The van der Waals surface area contributed by atoms with Crippen molar-refractivity contribution in [2.24, 2.45) is 5.73 Å². The zero-order chi connectivity index (χ0) is 14.7. The summed E-state index contributed by atoms with van der Waals surface area (Å²) in [6.45, 7) is 2.23. The van der Waals surface area contributed by atoms with Gasteiger partial charge in [-0.3, -0.25) is 4.79 Å². The van der Waals surface area contributed by atoms with E-state index in [2.05, 4.69) is 26.2 Å². The molecule has 0 fully saturated rings. The molecule has 7 heteroatoms. The Morgan fingerprint density at radius 2 is 2.30 bits per heavy atom. The van der Waals surface area contributed by atoms with Crippen molar-refractivity contribution in [1.82, 2.24) is 4.98 Å². The van der Waals surface area contributed by atoms with Gasteiger partial charge >= 0.3 is 0 Å². The van der Waals surface area contributed by atoms with Crippen LogP contribution in [0.4, 0.5) is 5.69 Å². The van der Waals surface area contributed by atoms with Crippen LogP contribution in [0.3, 0.4) is 0 Å². The number of aryl methyl sites for hydroxylation is 1. The maximum atomic E-state index is 12.2. The first kappa shape index (κ1) is 15.0. The highest BCUT2D eigenvalue weighted by Gasteiger charge is 2.15. The molecule has 0 spiro atoms. The fraction of sp³-hybridized carbons (Fsp3) is 0.231. The van der Waals surface area contributed by atoms with Gasteiger partial charge < -0.3 is 15.8 Å². The molecular weight excluding hydrogens is 342 g/mol. The third-order valence-corrected chi connectivity index (χ3v) is 4.01. The molecule has 3 N–H and O–H groups in total. The number of methoxy groups -OCH3 is 1. The average Bonchev–Trinajstić information content (AvgIpc) is 2.90. The Kier molecular flexibility index (Phi) is 4.74. The first-order chi connectivity index (χ1) is 9.55. The number of rotatable bonds is 4. The van der Waals surface area contributed by atoms with Gasteiger partial charge in [0.05, 0.1) is 12.8 Å². The fourth-order valence-electron chi connectivity index (χ4n) is 1.72. The number of nitrogens with one attached hydrogen (secondary N) is 1. The molecule has 0 radical (unpaired) electrons. The molecule has 0 unspecified atom stereocenters. The van der Waals surface area contributed by atoms with Crippen LogP contribution in [0.25, 0.3) is 0 Å². The standard InChI is InChI=1S/C13H14BrN3O2S/c1-7-3-8(14)4-10(19-2)12(7)17-13(18)9-6-20-11(5-15)16-9/h3-4,6H,5,15H2,1-2H3,(H,17,18). The van der Waals surface area contributed by atoms with Crippen LogP contribution in [0.15, 0.2) is 22.0 Å². The Labute approximate surface area is 129 Å². The Bertz CT molecular complexity index is 643. The number of nitrogens with zero attached hydrogens (tertiary/aromatic N) is 1. The zero-order valence-corrected chi connectivity index (χ0v) is 13.5. The second-order valence-electron chi connectivity index (χ2n) is 4.08. The lowest BCUT2D eigenvalue weighted by molar-refractivity contribution is 0.102. The zero-order valence-electron chi connectivity index (χ0n) is 11.1. The highest BCUT2D eigenvalue weighted by Crippen LogP contribution is 2.32. The van der Waals surface area contributed by atoms with Gasteiger partial charge in [0.15, 0.2) is 0 Å². The molecule has 1 amide bonds. The summed E-state index contributed by atoms with van der Waals surface area (Å²) in [4.78, 5) is 16.3. The summed E-state index contributed by atoms with van der Waals surface area (Å²) in [5.41, 5.74) is 7.40. The van der Waals surface area contributed by atoms with E-state index < -0.39 is 0 Å². The number of nitrogens with two attached hydrogens (primary N) is 1. The molecule has 0 saturated heterocycles. The van der Waals surface area contributed by atoms with E-state index >= 15 is 0 Å². The van der Waals surface area contributed by atoms with Crippen molar-refractivity contribution < 1.29 is 9.53 Å². The number of thiazole rings is 1. The largest absolute Gasteiger partial charge is 0.495 e. The van der Waals surface area contributed by atoms with E-state index in [1.165, 1.54) is 11.3 Å². The van der Waals surface area contributed by atoms with Crippen LogP contribution in [0.5, 0.6) is 5.75 Å². The lowest BCUT2D eigenvalue weighted by Gasteiger charge is -2.13. The maximum Gasteiger partial charge on any atom is 0.275 e. The molecule has 0 aliphatic heterocycles. The molecule has 2 rings (SSSR count). The predicted octanol–water partition coefficient (Wildman–Crippen LogP) is 2.93. The van der Waals surface area contributed by atoms with Crippen LogP contribution >= 0.6 is 27.3 Å². The molecule has 5 nitrogen and oxygen atoms in total. The number of carbonyl (C=O) groups excluding carboxylic acids is 1. The van der Waals surface area contributed by atoms with Crippen LogP contribution < -0.4 is 15.8 Å². The second-order valence-corrected chi connectivity index (χ2v) is 5.94. The van der Waals surface area contributed by atoms with Gasteiger partial charge in [-0.2, -0.15) is 0 Å². The van der Waals surface area contributed by atoms with Crippen LogP contribution in [-0.4, -0.2) is 18.0 Å². The highest BCUT2D eigenvalue weighted by atomic mass is 79.9. The summed E-state index contributed by atoms with van der Waals surface area (Å²) in [6, 6.07) is 3.71. The van der Waals surface area contributed by atoms with Crippen molar-refractivity contribution in [2.75, 3.05) is 12.4 Å². The maximum absolute atomic E-state index is 12.2. The van der Waals surface area contributed by atoms with Crippen molar-refractivity contribution in [3.63, 3.8) is 0 Å². The van der Waals surface area contributed by atoms with E-state index in [0.717, 1.165) is 15.0 Å². The molecule has 1 aromatic heterocycles. The van der Waals surface area contributed by atoms with Crippen LogP contribution in [0.1, 0.15) is 21.1 Å². The number of aromatic nitrogens is 1.